The van der Waals surface area contributed by atoms with Crippen LogP contribution in [0.4, 0.5) is 0 Å². The van der Waals surface area contributed by atoms with Crippen molar-refractivity contribution >= 4 is 5.78 Å². The Morgan fingerprint density at radius 2 is 1.85 bits per heavy atom. The summed E-state index contributed by atoms with van der Waals surface area (Å²) in [5.74, 6) is 2.71. The molecule has 3 nitrogen and oxygen atoms in total. The summed E-state index contributed by atoms with van der Waals surface area (Å²) in [5, 5.41) is 0. The Bertz CT molecular complexity index is 597. The topological polar surface area (TPSA) is 29.5 Å². The molecular formula is C23H37NO2. The van der Waals surface area contributed by atoms with E-state index in [4.69, 9.17) is 4.74 Å². The maximum atomic E-state index is 12.5. The number of hydrogen-bond acceptors (Lipinski definition) is 3. The van der Waals surface area contributed by atoms with Crippen LogP contribution in [0.1, 0.15) is 65.2 Å². The second kappa shape index (κ2) is 6.74. The molecule has 0 heterocycles. The highest BCUT2D eigenvalue weighted by molar-refractivity contribution is 5.87. The molecule has 4 aliphatic rings. The van der Waals surface area contributed by atoms with Gasteiger partial charge < -0.3 is 9.64 Å². The summed E-state index contributed by atoms with van der Waals surface area (Å²) < 4.78 is 6.20. The van der Waals surface area contributed by atoms with Gasteiger partial charge in [0, 0.05) is 18.4 Å². The van der Waals surface area contributed by atoms with E-state index in [0.717, 1.165) is 50.7 Å². The minimum atomic E-state index is -0.00460. The number of allylic oxidation sites excluding steroid dienone is 1. The van der Waals surface area contributed by atoms with Crippen LogP contribution in [0.3, 0.4) is 0 Å². The quantitative estimate of drug-likeness (QED) is 0.694. The van der Waals surface area contributed by atoms with Crippen LogP contribution in [-0.2, 0) is 9.53 Å². The molecule has 0 amide bonds. The van der Waals surface area contributed by atoms with Gasteiger partial charge in [-0.1, -0.05) is 25.5 Å². The molecule has 4 aliphatic carbocycles. The Kier molecular flexibility index (Phi) is 4.84. The van der Waals surface area contributed by atoms with Crippen LogP contribution in [-0.4, -0.2) is 44.0 Å². The summed E-state index contributed by atoms with van der Waals surface area (Å²) in [4.78, 5) is 14.7. The molecule has 3 fully saturated rings. The molecule has 0 radical (unpaired) electrons. The molecule has 0 aromatic heterocycles. The molecule has 26 heavy (non-hydrogen) atoms. The predicted octanol–water partition coefficient (Wildman–Crippen LogP) is 4.47. The highest BCUT2D eigenvalue weighted by atomic mass is 16.5. The fraction of sp³-hybridized carbons (Fsp3) is 0.870. The minimum absolute atomic E-state index is 0.00460. The van der Waals surface area contributed by atoms with Gasteiger partial charge in [-0.05, 0) is 82.2 Å². The first-order chi connectivity index (χ1) is 12.3. The first-order valence-electron chi connectivity index (χ1n) is 10.8. The number of Topliss-reactive ketones (excluding diaryl/α,β-unsaturated/α-hetero) is 1. The molecule has 0 bridgehead atoms. The molecule has 146 valence electrons. The maximum Gasteiger partial charge on any atom is 0.139 e. The van der Waals surface area contributed by atoms with Crippen molar-refractivity contribution in [2.75, 3.05) is 27.2 Å². The van der Waals surface area contributed by atoms with Gasteiger partial charge in [-0.2, -0.15) is 0 Å². The molecule has 0 saturated heterocycles. The van der Waals surface area contributed by atoms with E-state index >= 15 is 0 Å². The molecule has 0 spiro atoms. The van der Waals surface area contributed by atoms with Gasteiger partial charge in [0.25, 0.3) is 0 Å². The van der Waals surface area contributed by atoms with Crippen LogP contribution in [0.5, 0.6) is 0 Å². The molecule has 4 rings (SSSR count). The molecule has 0 N–H and O–H groups in total. The number of carbonyl (C=O) groups is 1. The summed E-state index contributed by atoms with van der Waals surface area (Å²) in [7, 11) is 4.21. The lowest BCUT2D eigenvalue weighted by Crippen LogP contribution is -2.50. The van der Waals surface area contributed by atoms with E-state index in [0.29, 0.717) is 23.2 Å². The van der Waals surface area contributed by atoms with E-state index in [1.807, 2.05) is 0 Å². The number of likely N-dealkylation sites (N-methyl/N-ethyl adjacent to an activating group) is 1. The van der Waals surface area contributed by atoms with E-state index in [2.05, 4.69) is 38.9 Å². The van der Waals surface area contributed by atoms with Crippen LogP contribution < -0.4 is 0 Å². The zero-order chi connectivity index (χ0) is 18.5. The molecule has 6 atom stereocenters. The van der Waals surface area contributed by atoms with Gasteiger partial charge >= 0.3 is 0 Å². The smallest absolute Gasteiger partial charge is 0.139 e. The number of ether oxygens (including phenoxy) is 1. The molecule has 0 aromatic rings. The fourth-order valence-electron chi connectivity index (χ4n) is 6.94. The monoisotopic (exact) mass is 359 g/mol. The molecular weight excluding hydrogens is 322 g/mol. The summed E-state index contributed by atoms with van der Waals surface area (Å²) in [5.41, 5.74) is 2.03. The van der Waals surface area contributed by atoms with Gasteiger partial charge in [-0.3, -0.25) is 4.79 Å². The lowest BCUT2D eigenvalue weighted by atomic mass is 9.48. The highest BCUT2D eigenvalue weighted by Gasteiger charge is 2.58. The second-order valence-corrected chi connectivity index (χ2v) is 10.2. The Morgan fingerprint density at radius 1 is 1.12 bits per heavy atom. The summed E-state index contributed by atoms with van der Waals surface area (Å²) in [6.45, 7) is 6.66. The first kappa shape index (κ1) is 18.7. The number of rotatable bonds is 4. The van der Waals surface area contributed by atoms with E-state index in [-0.39, 0.29) is 5.41 Å². The number of fused-ring (bicyclic) bond motifs is 5. The third-order valence-corrected chi connectivity index (χ3v) is 8.66. The van der Waals surface area contributed by atoms with Crippen molar-refractivity contribution in [3.63, 3.8) is 0 Å². The van der Waals surface area contributed by atoms with Crippen molar-refractivity contribution in [1.82, 2.24) is 4.90 Å². The van der Waals surface area contributed by atoms with Crippen LogP contribution in [0, 0.1) is 28.6 Å². The zero-order valence-electron chi connectivity index (χ0n) is 17.2. The number of ketones is 1. The number of hydrogen-bond donors (Lipinski definition) is 0. The Balaban J connectivity index is 1.48. The van der Waals surface area contributed by atoms with Crippen molar-refractivity contribution in [3.05, 3.63) is 11.6 Å². The predicted molar refractivity (Wildman–Crippen MR) is 105 cm³/mol. The first-order valence-corrected chi connectivity index (χ1v) is 10.8. The average Bonchev–Trinajstić information content (AvgIpc) is 2.90. The molecule has 3 heteroatoms. The normalized spacial score (nSPS) is 45.1. The van der Waals surface area contributed by atoms with Crippen molar-refractivity contribution < 1.29 is 9.53 Å². The molecule has 0 aliphatic heterocycles. The van der Waals surface area contributed by atoms with E-state index in [1.165, 1.54) is 25.7 Å². The standard InChI is InChI=1S/C23H37NO2/c1-22-11-9-17(26-14-13-24(3)4)15-16(22)5-6-18-19-7-8-21(25)23(19,2)12-10-20(18)22/h5,17-20H,6-15H2,1-4H3. The highest BCUT2D eigenvalue weighted by Crippen LogP contribution is 2.64. The van der Waals surface area contributed by atoms with E-state index in [9.17, 15) is 4.79 Å². The third kappa shape index (κ3) is 2.90. The van der Waals surface area contributed by atoms with Gasteiger partial charge in [-0.15, -0.1) is 0 Å². The third-order valence-electron chi connectivity index (χ3n) is 8.66. The summed E-state index contributed by atoms with van der Waals surface area (Å²) in [6, 6.07) is 0. The van der Waals surface area contributed by atoms with Crippen molar-refractivity contribution in [1.29, 1.82) is 0 Å². The molecule has 0 aromatic carbocycles. The zero-order valence-corrected chi connectivity index (χ0v) is 17.2. The van der Waals surface area contributed by atoms with E-state index < -0.39 is 0 Å². The largest absolute Gasteiger partial charge is 0.377 e. The van der Waals surface area contributed by atoms with Crippen LogP contribution >= 0.6 is 0 Å². The van der Waals surface area contributed by atoms with E-state index in [1.54, 1.807) is 5.57 Å². The van der Waals surface area contributed by atoms with Crippen LogP contribution in [0.15, 0.2) is 11.6 Å². The van der Waals surface area contributed by atoms with Gasteiger partial charge in [0.1, 0.15) is 5.78 Å². The lowest BCUT2D eigenvalue weighted by molar-refractivity contribution is -0.132. The Labute approximate surface area is 159 Å². The lowest BCUT2D eigenvalue weighted by Gasteiger charge is -2.57. The fourth-order valence-corrected chi connectivity index (χ4v) is 6.94. The summed E-state index contributed by atoms with van der Waals surface area (Å²) >= 11 is 0. The van der Waals surface area contributed by atoms with Gasteiger partial charge in [0.05, 0.1) is 12.7 Å². The SMILES string of the molecule is CN(C)CCOC1CCC2(C)C(=CCC3C4CCC(=O)C4(C)CCC32)C1. The summed E-state index contributed by atoms with van der Waals surface area (Å²) in [6.07, 6.45) is 12.1. The second-order valence-electron chi connectivity index (χ2n) is 10.2. The Hall–Kier alpha value is -0.670. The Morgan fingerprint density at radius 3 is 2.62 bits per heavy atom. The maximum absolute atomic E-state index is 12.5. The van der Waals surface area contributed by atoms with Crippen molar-refractivity contribution in [2.45, 2.75) is 71.3 Å². The average molecular weight is 360 g/mol. The minimum Gasteiger partial charge on any atom is -0.377 e. The van der Waals surface area contributed by atoms with Gasteiger partial charge in [-0.25, -0.2) is 0 Å². The molecule has 3 saturated carbocycles. The number of carbonyl (C=O) groups excluding carboxylic acids is 1. The van der Waals surface area contributed by atoms with Gasteiger partial charge in [0.2, 0.25) is 0 Å². The van der Waals surface area contributed by atoms with Crippen molar-refractivity contribution in [3.8, 4) is 0 Å². The van der Waals surface area contributed by atoms with Crippen LogP contribution in [0.2, 0.25) is 0 Å². The molecule has 6 unspecified atom stereocenters. The van der Waals surface area contributed by atoms with Crippen molar-refractivity contribution in [2.24, 2.45) is 28.6 Å². The number of nitrogens with zero attached hydrogens (tertiary/aromatic N) is 1. The van der Waals surface area contributed by atoms with Gasteiger partial charge in [0.15, 0.2) is 0 Å². The van der Waals surface area contributed by atoms with Crippen LogP contribution in [0.25, 0.3) is 0 Å².